The first-order valence-electron chi connectivity index (χ1n) is 30.0. The highest BCUT2D eigenvalue weighted by molar-refractivity contribution is 4.88. The molecule has 14 nitrogen and oxygen atoms in total. The van der Waals surface area contributed by atoms with Gasteiger partial charge in [-0.25, -0.2) is 0 Å². The summed E-state index contributed by atoms with van der Waals surface area (Å²) in [5.41, 5.74) is 0. The minimum Gasteiger partial charge on any atom is -0.376 e. The fourth-order valence-electron chi connectivity index (χ4n) is 11.1. The molecule has 0 saturated carbocycles. The lowest BCUT2D eigenvalue weighted by Gasteiger charge is -2.43. The Balaban J connectivity index is 0.000000469. The van der Waals surface area contributed by atoms with Gasteiger partial charge in [0.05, 0.1) is 79.9 Å². The van der Waals surface area contributed by atoms with E-state index < -0.39 is 25.2 Å². The van der Waals surface area contributed by atoms with Gasteiger partial charge in [-0.15, -0.1) is 0 Å². The number of rotatable bonds is 15. The van der Waals surface area contributed by atoms with Crippen LogP contribution in [0.1, 0.15) is 206 Å². The molecule has 0 aliphatic carbocycles. The van der Waals surface area contributed by atoms with Crippen LogP contribution in [0.4, 0.5) is 0 Å². The molecular weight excluding hydrogens is 957 g/mol. The molecular formula is C61H122O14. The first-order chi connectivity index (χ1) is 34.8. The first-order valence-corrected chi connectivity index (χ1v) is 30.0. The third-order valence-corrected chi connectivity index (χ3v) is 17.3. The maximum atomic E-state index is 9.86. The molecule has 4 N–H and O–H groups in total. The van der Waals surface area contributed by atoms with Gasteiger partial charge in [-0.1, -0.05) is 111 Å². The number of aliphatic hydroxyl groups excluding tert-OH is 4. The van der Waals surface area contributed by atoms with E-state index in [4.69, 9.17) is 47.4 Å². The van der Waals surface area contributed by atoms with Gasteiger partial charge in [-0.2, -0.15) is 0 Å². The van der Waals surface area contributed by atoms with Gasteiger partial charge in [0, 0.05) is 29.6 Å². The minimum absolute atomic E-state index is 0.0128. The predicted molar refractivity (Wildman–Crippen MR) is 301 cm³/mol. The second-order valence-corrected chi connectivity index (χ2v) is 24.8. The normalized spacial score (nSPS) is 42.2. The van der Waals surface area contributed by atoms with Crippen molar-refractivity contribution >= 4 is 0 Å². The summed E-state index contributed by atoms with van der Waals surface area (Å²) < 4.78 is 57.1. The lowest BCUT2D eigenvalue weighted by molar-refractivity contribution is -0.268. The van der Waals surface area contributed by atoms with Crippen molar-refractivity contribution in [2.75, 3.05) is 6.61 Å². The van der Waals surface area contributed by atoms with Crippen LogP contribution in [0.2, 0.25) is 0 Å². The van der Waals surface area contributed by atoms with Crippen molar-refractivity contribution in [3.8, 4) is 0 Å². The van der Waals surface area contributed by atoms with Crippen molar-refractivity contribution in [3.63, 3.8) is 0 Å². The Morgan fingerprint density at radius 3 is 1.09 bits per heavy atom. The van der Waals surface area contributed by atoms with Crippen LogP contribution in [-0.2, 0) is 47.4 Å². The van der Waals surface area contributed by atoms with Gasteiger partial charge in [0.15, 0.2) is 31.5 Å². The lowest BCUT2D eigenvalue weighted by Crippen LogP contribution is -2.50. The highest BCUT2D eigenvalue weighted by Crippen LogP contribution is 2.39. The minimum atomic E-state index is -0.774. The van der Waals surface area contributed by atoms with Crippen LogP contribution >= 0.6 is 0 Å². The zero-order valence-corrected chi connectivity index (χ0v) is 52.7. The Bertz CT molecular complexity index is 1420. The van der Waals surface area contributed by atoms with E-state index in [1.807, 2.05) is 76.2 Å². The zero-order valence-electron chi connectivity index (χ0n) is 52.7. The Morgan fingerprint density at radius 2 is 0.627 bits per heavy atom. The predicted octanol–water partition coefficient (Wildman–Crippen LogP) is 12.0. The van der Waals surface area contributed by atoms with E-state index in [0.717, 1.165) is 25.7 Å². The zero-order chi connectivity index (χ0) is 57.9. The van der Waals surface area contributed by atoms with E-state index in [2.05, 4.69) is 104 Å². The van der Waals surface area contributed by atoms with Gasteiger partial charge in [0.25, 0.3) is 0 Å². The van der Waals surface area contributed by atoms with Gasteiger partial charge >= 0.3 is 0 Å². The molecule has 0 radical (unpaired) electrons. The topological polar surface area (TPSA) is 173 Å². The van der Waals surface area contributed by atoms with E-state index in [9.17, 15) is 20.4 Å². The van der Waals surface area contributed by atoms with Crippen molar-refractivity contribution in [1.29, 1.82) is 0 Å². The van der Waals surface area contributed by atoms with Crippen molar-refractivity contribution in [3.05, 3.63) is 0 Å². The van der Waals surface area contributed by atoms with E-state index >= 15 is 0 Å². The van der Waals surface area contributed by atoms with Gasteiger partial charge < -0.3 is 67.8 Å². The monoisotopic (exact) mass is 1080 g/mol. The summed E-state index contributed by atoms with van der Waals surface area (Å²) in [7, 11) is 0. The molecule has 450 valence electrons. The van der Waals surface area contributed by atoms with E-state index in [0.29, 0.717) is 66.0 Å². The largest absolute Gasteiger partial charge is 0.376 e. The van der Waals surface area contributed by atoms with E-state index in [1.54, 1.807) is 0 Å². The van der Waals surface area contributed by atoms with Crippen LogP contribution in [0.25, 0.3) is 0 Å². The second-order valence-electron chi connectivity index (χ2n) is 24.8. The molecule has 5 aliphatic rings. The van der Waals surface area contributed by atoms with Crippen molar-refractivity contribution in [1.82, 2.24) is 0 Å². The molecule has 0 amide bonds. The van der Waals surface area contributed by atoms with Gasteiger partial charge in [0.2, 0.25) is 0 Å². The summed E-state index contributed by atoms with van der Waals surface area (Å²) in [5.74, 6) is 4.53. The molecule has 5 fully saturated rings. The van der Waals surface area contributed by atoms with Crippen LogP contribution < -0.4 is 0 Å². The second kappa shape index (κ2) is 35.3. The first kappa shape index (κ1) is 72.5. The molecule has 14 heteroatoms. The summed E-state index contributed by atoms with van der Waals surface area (Å²) >= 11 is 0. The summed E-state index contributed by atoms with van der Waals surface area (Å²) in [4.78, 5) is 0. The third-order valence-electron chi connectivity index (χ3n) is 17.3. The summed E-state index contributed by atoms with van der Waals surface area (Å²) in [6.45, 7) is 55.0. The molecule has 0 bridgehead atoms. The Hall–Kier alpha value is -0.560. The molecule has 25 atom stereocenters. The van der Waals surface area contributed by atoms with Gasteiger partial charge in [0.1, 0.15) is 6.10 Å². The molecule has 5 aliphatic heterocycles. The van der Waals surface area contributed by atoms with E-state index in [-0.39, 0.29) is 97.3 Å². The lowest BCUT2D eigenvalue weighted by atomic mass is 9.78. The average Bonchev–Trinajstić information content (AvgIpc) is 3.34. The Morgan fingerprint density at radius 1 is 0.293 bits per heavy atom. The van der Waals surface area contributed by atoms with Crippen molar-refractivity contribution in [2.24, 2.45) is 71.0 Å². The summed E-state index contributed by atoms with van der Waals surface area (Å²) in [5, 5.41) is 39.1. The smallest absolute Gasteiger partial charge is 0.181 e. The average molecular weight is 1080 g/mol. The molecule has 5 heterocycles. The standard InChI is InChI=1S/C13H26O2.4C12H24O3/c1-7-12-10(5)9(4)11(6)13(15-12)14-8(2)3;1-7(2)14-6-11-9(4)8(3)10(5)12(13)15-11;1-6-10-8(4)11(14-7(2)3)9(5)12(13)15-10;1-6-10-11(14-7(2)3)8(4)9(5)12(13)15-10;1-6-10-8(4)9(5)11(12(13)15-10)14-7(2)3/h8-13H,7H2,1-6H3;4*7-13H,6H2,1-5H3/t9-,10-,11?,12?,13+;8-,9-,10?,11?,12+;2*8-,9?,10?,11+,12-;8-,9-,10?,11?,12+/m00110/s1. The molecule has 5 saturated heterocycles. The van der Waals surface area contributed by atoms with Crippen molar-refractivity contribution < 1.29 is 67.8 Å². The number of ether oxygens (including phenoxy) is 10. The van der Waals surface area contributed by atoms with Crippen LogP contribution in [-0.4, -0.2) is 138 Å². The van der Waals surface area contributed by atoms with Crippen LogP contribution in [0.5, 0.6) is 0 Å². The van der Waals surface area contributed by atoms with Crippen LogP contribution in [0.15, 0.2) is 0 Å². The number of hydrogen-bond donors (Lipinski definition) is 4. The maximum absolute atomic E-state index is 9.86. The number of hydrogen-bond acceptors (Lipinski definition) is 14. The SMILES string of the molecule is CC(C)OCC1O[C@@H](O)C(C)[C@@H](C)[C@@H]1C.CCC1O[C@@H](O)C(C)[C@@H](C)[C@@H]1OC(C)C.CCC1O[C@@H](O)C(C)[C@@H](OC(C)C)[C@@H]1C.CCC1O[C@@H](O)C(OC(C)C)[C@@H](C)[C@@H]1C.CCC1O[C@@H](OC(C)C)C(C)[C@@H](C)[C@@H]1C. The van der Waals surface area contributed by atoms with Crippen molar-refractivity contribution in [2.45, 2.75) is 317 Å². The molecule has 0 aromatic carbocycles. The molecule has 5 rings (SSSR count). The molecule has 0 aromatic heterocycles. The highest BCUT2D eigenvalue weighted by Gasteiger charge is 2.44. The highest BCUT2D eigenvalue weighted by atomic mass is 16.7. The Kier molecular flexibility index (Phi) is 34.1. The molecule has 75 heavy (non-hydrogen) atoms. The quantitative estimate of drug-likeness (QED) is 0.122. The maximum Gasteiger partial charge on any atom is 0.181 e. The fourth-order valence-corrected chi connectivity index (χ4v) is 11.1. The number of aliphatic hydroxyl groups is 4. The summed E-state index contributed by atoms with van der Waals surface area (Å²) in [6.07, 6.45) is 2.73. The summed E-state index contributed by atoms with van der Waals surface area (Å²) in [6, 6.07) is 0. The third kappa shape index (κ3) is 22.7. The van der Waals surface area contributed by atoms with E-state index in [1.165, 1.54) is 0 Å². The molecule has 10 unspecified atom stereocenters. The Labute approximate surface area is 460 Å². The van der Waals surface area contributed by atoms with Gasteiger partial charge in [-0.3, -0.25) is 0 Å². The van der Waals surface area contributed by atoms with Crippen LogP contribution in [0, 0.1) is 71.0 Å². The fraction of sp³-hybridized carbons (Fsp3) is 1.00. The van der Waals surface area contributed by atoms with Gasteiger partial charge in [-0.05, 0) is 136 Å². The molecule has 0 spiro atoms. The molecule has 0 aromatic rings. The van der Waals surface area contributed by atoms with Crippen LogP contribution in [0.3, 0.4) is 0 Å².